The lowest BCUT2D eigenvalue weighted by molar-refractivity contribution is 0.0792. The maximum atomic E-state index is 12.3. The van der Waals surface area contributed by atoms with Crippen LogP contribution in [0.2, 0.25) is 0 Å². The first kappa shape index (κ1) is 11.6. The number of amides is 1. The van der Waals surface area contributed by atoms with Crippen molar-refractivity contribution in [1.82, 2.24) is 4.90 Å². The lowest BCUT2D eigenvalue weighted by atomic mass is 10.0. The number of rotatable bonds is 1. The Morgan fingerprint density at radius 3 is 2.50 bits per heavy atom. The van der Waals surface area contributed by atoms with E-state index in [1.165, 1.54) is 0 Å². The van der Waals surface area contributed by atoms with Crippen LogP contribution in [0, 0.1) is 13.8 Å². The summed E-state index contributed by atoms with van der Waals surface area (Å²) in [5.74, 6) is 0.178. The van der Waals surface area contributed by atoms with E-state index < -0.39 is 0 Å². The van der Waals surface area contributed by atoms with Gasteiger partial charge in [0.15, 0.2) is 0 Å². The molecule has 1 aromatic carbocycles. The summed E-state index contributed by atoms with van der Waals surface area (Å²) in [6, 6.07) is 6.00. The topological polar surface area (TPSA) is 20.3 Å². The molecule has 86 valence electrons. The molecule has 16 heavy (non-hydrogen) atoms. The van der Waals surface area contributed by atoms with Crippen molar-refractivity contribution in [3.63, 3.8) is 0 Å². The first-order chi connectivity index (χ1) is 7.59. The van der Waals surface area contributed by atoms with E-state index in [-0.39, 0.29) is 5.91 Å². The van der Waals surface area contributed by atoms with E-state index in [1.54, 1.807) is 0 Å². The van der Waals surface area contributed by atoms with Gasteiger partial charge in [0.05, 0.1) is 0 Å². The van der Waals surface area contributed by atoms with Crippen molar-refractivity contribution in [3.05, 3.63) is 34.9 Å². The van der Waals surface area contributed by atoms with Crippen molar-refractivity contribution in [2.75, 3.05) is 13.1 Å². The second-order valence-electron chi connectivity index (χ2n) is 4.40. The maximum Gasteiger partial charge on any atom is 0.254 e. The summed E-state index contributed by atoms with van der Waals surface area (Å²) in [6.45, 7) is 5.69. The predicted octanol–water partition coefficient (Wildman–Crippen LogP) is 2.91. The fourth-order valence-corrected chi connectivity index (χ4v) is 2.77. The summed E-state index contributed by atoms with van der Waals surface area (Å²) in [7, 11) is 0. The highest BCUT2D eigenvalue weighted by molar-refractivity contribution is 9.09. The summed E-state index contributed by atoms with van der Waals surface area (Å²) >= 11 is 3.56. The standard InChI is InChI=1S/C13H16BrNO/c1-9-4-3-5-10(2)12(9)13(16)15-7-6-11(14)8-15/h3-5,11H,6-8H2,1-2H3. The minimum Gasteiger partial charge on any atom is -0.337 e. The third kappa shape index (κ3) is 2.14. The van der Waals surface area contributed by atoms with Gasteiger partial charge in [-0.1, -0.05) is 34.1 Å². The van der Waals surface area contributed by atoms with Gasteiger partial charge in [0.25, 0.3) is 5.91 Å². The van der Waals surface area contributed by atoms with Crippen LogP contribution < -0.4 is 0 Å². The molecule has 2 nitrogen and oxygen atoms in total. The zero-order chi connectivity index (χ0) is 11.7. The number of alkyl halides is 1. The highest BCUT2D eigenvalue weighted by atomic mass is 79.9. The average Bonchev–Trinajstić information content (AvgIpc) is 2.64. The van der Waals surface area contributed by atoms with Crippen LogP contribution in [-0.2, 0) is 0 Å². The van der Waals surface area contributed by atoms with E-state index in [1.807, 2.05) is 36.9 Å². The first-order valence-corrected chi connectivity index (χ1v) is 6.50. The molecule has 0 bridgehead atoms. The van der Waals surface area contributed by atoms with Crippen LogP contribution >= 0.6 is 15.9 Å². The van der Waals surface area contributed by atoms with Gasteiger partial charge in [-0.3, -0.25) is 4.79 Å². The van der Waals surface area contributed by atoms with E-state index in [0.29, 0.717) is 4.83 Å². The van der Waals surface area contributed by atoms with Crippen LogP contribution in [0.15, 0.2) is 18.2 Å². The van der Waals surface area contributed by atoms with Crippen molar-refractivity contribution < 1.29 is 4.79 Å². The summed E-state index contributed by atoms with van der Waals surface area (Å²) in [5.41, 5.74) is 3.02. The van der Waals surface area contributed by atoms with Crippen molar-refractivity contribution in [2.45, 2.75) is 25.1 Å². The Bertz CT molecular complexity index is 396. The van der Waals surface area contributed by atoms with E-state index in [0.717, 1.165) is 36.2 Å². The Balaban J connectivity index is 2.27. The fourth-order valence-electron chi connectivity index (χ4n) is 2.21. The van der Waals surface area contributed by atoms with Gasteiger partial charge in [0.1, 0.15) is 0 Å². The van der Waals surface area contributed by atoms with Gasteiger partial charge in [0, 0.05) is 23.5 Å². The van der Waals surface area contributed by atoms with E-state index in [4.69, 9.17) is 0 Å². The van der Waals surface area contributed by atoms with E-state index in [9.17, 15) is 4.79 Å². The van der Waals surface area contributed by atoms with Gasteiger partial charge >= 0.3 is 0 Å². The Morgan fingerprint density at radius 2 is 2.00 bits per heavy atom. The molecule has 1 aromatic rings. The van der Waals surface area contributed by atoms with Crippen LogP contribution in [0.5, 0.6) is 0 Å². The smallest absolute Gasteiger partial charge is 0.254 e. The number of hydrogen-bond acceptors (Lipinski definition) is 1. The molecule has 2 rings (SSSR count). The van der Waals surface area contributed by atoms with Gasteiger partial charge < -0.3 is 4.90 Å². The second-order valence-corrected chi connectivity index (χ2v) is 5.70. The molecule has 1 heterocycles. The zero-order valence-electron chi connectivity index (χ0n) is 9.66. The Kier molecular flexibility index (Phi) is 3.33. The van der Waals surface area contributed by atoms with Crippen molar-refractivity contribution in [2.24, 2.45) is 0 Å². The number of carbonyl (C=O) groups excluding carboxylic acids is 1. The van der Waals surface area contributed by atoms with Gasteiger partial charge in [-0.2, -0.15) is 0 Å². The van der Waals surface area contributed by atoms with Crippen LogP contribution in [0.25, 0.3) is 0 Å². The average molecular weight is 282 g/mol. The predicted molar refractivity (Wildman–Crippen MR) is 69.2 cm³/mol. The van der Waals surface area contributed by atoms with Crippen LogP contribution in [-0.4, -0.2) is 28.7 Å². The molecule has 3 heteroatoms. The highest BCUT2D eigenvalue weighted by Gasteiger charge is 2.26. The van der Waals surface area contributed by atoms with Crippen molar-refractivity contribution in [1.29, 1.82) is 0 Å². The molecule has 0 aromatic heterocycles. The number of benzene rings is 1. The highest BCUT2D eigenvalue weighted by Crippen LogP contribution is 2.22. The fraction of sp³-hybridized carbons (Fsp3) is 0.462. The third-order valence-electron chi connectivity index (χ3n) is 3.11. The molecular weight excluding hydrogens is 266 g/mol. The van der Waals surface area contributed by atoms with Crippen LogP contribution in [0.3, 0.4) is 0 Å². The molecular formula is C13H16BrNO. The van der Waals surface area contributed by atoms with Gasteiger partial charge in [-0.15, -0.1) is 0 Å². The van der Waals surface area contributed by atoms with E-state index in [2.05, 4.69) is 15.9 Å². The molecule has 1 unspecified atom stereocenters. The minimum atomic E-state index is 0.178. The molecule has 0 saturated carbocycles. The molecule has 0 aliphatic carbocycles. The summed E-state index contributed by atoms with van der Waals surface area (Å²) < 4.78 is 0. The quantitative estimate of drug-likeness (QED) is 0.725. The zero-order valence-corrected chi connectivity index (χ0v) is 11.3. The van der Waals surface area contributed by atoms with Crippen molar-refractivity contribution in [3.8, 4) is 0 Å². The largest absolute Gasteiger partial charge is 0.337 e. The molecule has 1 aliphatic rings. The molecule has 0 radical (unpaired) electrons. The van der Waals surface area contributed by atoms with Crippen LogP contribution in [0.1, 0.15) is 27.9 Å². The third-order valence-corrected chi connectivity index (χ3v) is 3.86. The number of likely N-dealkylation sites (tertiary alicyclic amines) is 1. The van der Waals surface area contributed by atoms with Crippen LogP contribution in [0.4, 0.5) is 0 Å². The number of hydrogen-bond donors (Lipinski definition) is 0. The number of carbonyl (C=O) groups is 1. The maximum absolute atomic E-state index is 12.3. The molecule has 0 spiro atoms. The molecule has 1 fully saturated rings. The number of aryl methyl sites for hydroxylation is 2. The van der Waals surface area contributed by atoms with Gasteiger partial charge in [-0.25, -0.2) is 0 Å². The number of halogens is 1. The summed E-state index contributed by atoms with van der Waals surface area (Å²) in [6.07, 6.45) is 1.05. The Morgan fingerprint density at radius 1 is 1.38 bits per heavy atom. The van der Waals surface area contributed by atoms with Gasteiger partial charge in [-0.05, 0) is 31.4 Å². The Hall–Kier alpha value is -0.830. The van der Waals surface area contributed by atoms with Crippen molar-refractivity contribution >= 4 is 21.8 Å². The molecule has 1 saturated heterocycles. The molecule has 1 atom stereocenters. The lowest BCUT2D eigenvalue weighted by Crippen LogP contribution is -2.29. The normalized spacial score (nSPS) is 20.2. The minimum absolute atomic E-state index is 0.178. The second kappa shape index (κ2) is 4.58. The summed E-state index contributed by atoms with van der Waals surface area (Å²) in [4.78, 5) is 14.7. The molecule has 1 amide bonds. The lowest BCUT2D eigenvalue weighted by Gasteiger charge is -2.18. The monoisotopic (exact) mass is 281 g/mol. The van der Waals surface area contributed by atoms with E-state index >= 15 is 0 Å². The molecule has 0 N–H and O–H groups in total. The first-order valence-electron chi connectivity index (χ1n) is 5.59. The van der Waals surface area contributed by atoms with Gasteiger partial charge in [0.2, 0.25) is 0 Å². The summed E-state index contributed by atoms with van der Waals surface area (Å²) in [5, 5.41) is 0. The SMILES string of the molecule is Cc1cccc(C)c1C(=O)N1CCC(Br)C1. The number of nitrogens with zero attached hydrogens (tertiary/aromatic N) is 1. The molecule has 1 aliphatic heterocycles. The Labute approximate surface area is 105 Å².